The van der Waals surface area contributed by atoms with Crippen molar-refractivity contribution in [2.75, 3.05) is 0 Å². The molecular formula is C16H11Cl. The number of benzene rings is 3. The summed E-state index contributed by atoms with van der Waals surface area (Å²) in [6.07, 6.45) is 0. The number of hydrogen-bond donors (Lipinski definition) is 0. The lowest BCUT2D eigenvalue weighted by Gasteiger charge is -2.09. The van der Waals surface area contributed by atoms with Gasteiger partial charge in [0.25, 0.3) is 0 Å². The molecule has 0 nitrogen and oxygen atoms in total. The Morgan fingerprint density at radius 3 is 2.18 bits per heavy atom. The Morgan fingerprint density at radius 1 is 0.647 bits per heavy atom. The van der Waals surface area contributed by atoms with E-state index in [1.165, 1.54) is 10.8 Å². The standard InChI is InChI=1S/C16H11Cl/c17-15-11-10-12-6-4-5-9-14(12)16(15)13-7-2-1-3-8-13/h1-11H. The van der Waals surface area contributed by atoms with Crippen LogP contribution in [-0.2, 0) is 0 Å². The topological polar surface area (TPSA) is 0 Å². The zero-order valence-corrected chi connectivity index (χ0v) is 9.98. The Kier molecular flexibility index (Phi) is 2.58. The summed E-state index contributed by atoms with van der Waals surface area (Å²) in [5.74, 6) is 0. The van der Waals surface area contributed by atoms with Crippen LogP contribution in [0.5, 0.6) is 0 Å². The van der Waals surface area contributed by atoms with Crippen molar-refractivity contribution in [2.24, 2.45) is 0 Å². The van der Waals surface area contributed by atoms with Crippen molar-refractivity contribution in [3.8, 4) is 11.1 Å². The van der Waals surface area contributed by atoms with E-state index in [1.807, 2.05) is 36.4 Å². The Bertz CT molecular complexity index is 657. The van der Waals surface area contributed by atoms with Gasteiger partial charge in [-0.05, 0) is 22.4 Å². The molecule has 0 aromatic heterocycles. The highest BCUT2D eigenvalue weighted by Crippen LogP contribution is 2.34. The van der Waals surface area contributed by atoms with Crippen LogP contribution >= 0.6 is 11.6 Å². The molecule has 0 fully saturated rings. The largest absolute Gasteiger partial charge is 0.0836 e. The molecule has 0 saturated carbocycles. The van der Waals surface area contributed by atoms with Crippen molar-refractivity contribution >= 4 is 22.4 Å². The average Bonchev–Trinajstić information content (AvgIpc) is 2.39. The Hall–Kier alpha value is -1.79. The predicted molar refractivity (Wildman–Crippen MR) is 74.4 cm³/mol. The lowest BCUT2D eigenvalue weighted by Crippen LogP contribution is -1.82. The van der Waals surface area contributed by atoms with E-state index in [4.69, 9.17) is 11.6 Å². The van der Waals surface area contributed by atoms with Crippen LogP contribution in [0, 0.1) is 0 Å². The molecule has 0 atom stereocenters. The van der Waals surface area contributed by atoms with Gasteiger partial charge in [0.1, 0.15) is 0 Å². The summed E-state index contributed by atoms with van der Waals surface area (Å²) in [6, 6.07) is 22.6. The van der Waals surface area contributed by atoms with Gasteiger partial charge in [-0.2, -0.15) is 0 Å². The van der Waals surface area contributed by atoms with Gasteiger partial charge in [-0.15, -0.1) is 0 Å². The highest BCUT2D eigenvalue weighted by atomic mass is 35.5. The van der Waals surface area contributed by atoms with E-state index in [9.17, 15) is 0 Å². The van der Waals surface area contributed by atoms with Gasteiger partial charge < -0.3 is 0 Å². The van der Waals surface area contributed by atoms with Crippen molar-refractivity contribution in [2.45, 2.75) is 0 Å². The summed E-state index contributed by atoms with van der Waals surface area (Å²) in [5, 5.41) is 3.22. The van der Waals surface area contributed by atoms with Crippen LogP contribution in [0.2, 0.25) is 5.02 Å². The molecule has 82 valence electrons. The van der Waals surface area contributed by atoms with Gasteiger partial charge in [0.05, 0.1) is 0 Å². The summed E-state index contributed by atoms with van der Waals surface area (Å²) < 4.78 is 0. The maximum atomic E-state index is 6.34. The SMILES string of the molecule is Clc1ccc2ccccc2c1-c1ccccc1. The first-order valence-corrected chi connectivity index (χ1v) is 5.97. The van der Waals surface area contributed by atoms with Gasteiger partial charge in [0, 0.05) is 10.6 Å². The molecule has 3 rings (SSSR count). The minimum absolute atomic E-state index is 0.801. The second-order valence-corrected chi connectivity index (χ2v) is 4.42. The molecule has 0 aliphatic rings. The van der Waals surface area contributed by atoms with Gasteiger partial charge in [-0.1, -0.05) is 72.3 Å². The summed E-state index contributed by atoms with van der Waals surface area (Å²) in [6.45, 7) is 0. The maximum absolute atomic E-state index is 6.34. The molecule has 0 saturated heterocycles. The van der Waals surface area contributed by atoms with E-state index < -0.39 is 0 Å². The van der Waals surface area contributed by atoms with Crippen LogP contribution in [-0.4, -0.2) is 0 Å². The second kappa shape index (κ2) is 4.23. The van der Waals surface area contributed by atoms with Crippen molar-refractivity contribution in [1.29, 1.82) is 0 Å². The molecule has 0 radical (unpaired) electrons. The third kappa shape index (κ3) is 1.81. The van der Waals surface area contributed by atoms with Crippen LogP contribution in [0.3, 0.4) is 0 Å². The molecule has 0 aliphatic carbocycles. The number of hydrogen-bond acceptors (Lipinski definition) is 0. The molecule has 0 amide bonds. The Labute approximate surface area is 105 Å². The van der Waals surface area contributed by atoms with Crippen molar-refractivity contribution in [3.63, 3.8) is 0 Å². The van der Waals surface area contributed by atoms with E-state index in [0.29, 0.717) is 0 Å². The summed E-state index contributed by atoms with van der Waals surface area (Å²) >= 11 is 6.34. The van der Waals surface area contributed by atoms with Gasteiger partial charge in [-0.25, -0.2) is 0 Å². The molecule has 0 heterocycles. The molecule has 0 bridgehead atoms. The van der Waals surface area contributed by atoms with Gasteiger partial charge in [0.2, 0.25) is 0 Å². The average molecular weight is 239 g/mol. The summed E-state index contributed by atoms with van der Waals surface area (Å²) in [4.78, 5) is 0. The van der Waals surface area contributed by atoms with Crippen molar-refractivity contribution in [3.05, 3.63) is 71.8 Å². The number of halogens is 1. The fraction of sp³-hybridized carbons (Fsp3) is 0. The van der Waals surface area contributed by atoms with Crippen LogP contribution in [0.25, 0.3) is 21.9 Å². The van der Waals surface area contributed by atoms with Crippen LogP contribution in [0.1, 0.15) is 0 Å². The second-order valence-electron chi connectivity index (χ2n) is 4.01. The highest BCUT2D eigenvalue weighted by Gasteiger charge is 2.07. The Balaban J connectivity index is 2.39. The summed E-state index contributed by atoms with van der Waals surface area (Å²) in [7, 11) is 0. The fourth-order valence-corrected chi connectivity index (χ4v) is 2.42. The lowest BCUT2D eigenvalue weighted by molar-refractivity contribution is 1.65. The number of rotatable bonds is 1. The zero-order valence-electron chi connectivity index (χ0n) is 9.23. The quantitative estimate of drug-likeness (QED) is 0.549. The number of fused-ring (bicyclic) bond motifs is 1. The van der Waals surface area contributed by atoms with E-state index in [1.54, 1.807) is 0 Å². The van der Waals surface area contributed by atoms with Crippen LogP contribution < -0.4 is 0 Å². The van der Waals surface area contributed by atoms with E-state index >= 15 is 0 Å². The minimum Gasteiger partial charge on any atom is -0.0836 e. The first-order valence-electron chi connectivity index (χ1n) is 5.59. The molecule has 0 spiro atoms. The molecule has 0 unspecified atom stereocenters. The zero-order chi connectivity index (χ0) is 11.7. The van der Waals surface area contributed by atoms with Crippen molar-refractivity contribution in [1.82, 2.24) is 0 Å². The third-order valence-electron chi connectivity index (χ3n) is 2.94. The molecule has 0 aliphatic heterocycles. The first-order chi connectivity index (χ1) is 8.36. The highest BCUT2D eigenvalue weighted by molar-refractivity contribution is 6.35. The smallest absolute Gasteiger partial charge is 0.0490 e. The van der Waals surface area contributed by atoms with Gasteiger partial charge >= 0.3 is 0 Å². The molecule has 0 N–H and O–H groups in total. The molecule has 17 heavy (non-hydrogen) atoms. The van der Waals surface area contributed by atoms with Gasteiger partial charge in [0.15, 0.2) is 0 Å². The van der Waals surface area contributed by atoms with E-state index in [-0.39, 0.29) is 0 Å². The summed E-state index contributed by atoms with van der Waals surface area (Å²) in [5.41, 5.74) is 2.28. The fourth-order valence-electron chi connectivity index (χ4n) is 2.14. The molecule has 3 aromatic carbocycles. The van der Waals surface area contributed by atoms with Crippen LogP contribution in [0.4, 0.5) is 0 Å². The normalized spacial score (nSPS) is 10.6. The lowest BCUT2D eigenvalue weighted by atomic mass is 9.98. The molecule has 3 aromatic rings. The molecule has 1 heteroatoms. The van der Waals surface area contributed by atoms with E-state index in [2.05, 4.69) is 30.3 Å². The Morgan fingerprint density at radius 2 is 1.35 bits per heavy atom. The predicted octanol–water partition coefficient (Wildman–Crippen LogP) is 5.16. The van der Waals surface area contributed by atoms with E-state index in [0.717, 1.165) is 16.1 Å². The van der Waals surface area contributed by atoms with Crippen LogP contribution in [0.15, 0.2) is 66.7 Å². The third-order valence-corrected chi connectivity index (χ3v) is 3.26. The maximum Gasteiger partial charge on any atom is 0.0490 e. The van der Waals surface area contributed by atoms with Gasteiger partial charge in [-0.3, -0.25) is 0 Å². The minimum atomic E-state index is 0.801. The first kappa shape index (κ1) is 10.4. The molecular weight excluding hydrogens is 228 g/mol. The van der Waals surface area contributed by atoms with Crippen molar-refractivity contribution < 1.29 is 0 Å². The monoisotopic (exact) mass is 238 g/mol.